The molecule has 0 heterocycles. The maximum absolute atomic E-state index is 13.9. The van der Waals surface area contributed by atoms with Gasteiger partial charge in [-0.25, -0.2) is 4.39 Å². The summed E-state index contributed by atoms with van der Waals surface area (Å²) in [6.45, 7) is 2.36. The molecule has 0 unspecified atom stereocenters. The molecule has 0 amide bonds. The Hall–Kier alpha value is -2.66. The number of rotatable bonds is 5. The van der Waals surface area contributed by atoms with E-state index < -0.39 is 5.82 Å². The van der Waals surface area contributed by atoms with Gasteiger partial charge >= 0.3 is 0 Å². The molecule has 1 atom stereocenters. The van der Waals surface area contributed by atoms with Gasteiger partial charge in [0, 0.05) is 0 Å². The number of halogens is 1. The van der Waals surface area contributed by atoms with Gasteiger partial charge in [0.25, 0.3) is 0 Å². The zero-order valence-corrected chi connectivity index (χ0v) is 17.8. The van der Waals surface area contributed by atoms with Gasteiger partial charge in [0.2, 0.25) is 0 Å². The van der Waals surface area contributed by atoms with Crippen LogP contribution < -0.4 is 0 Å². The maximum atomic E-state index is 13.9. The minimum atomic E-state index is -0.422. The van der Waals surface area contributed by atoms with Gasteiger partial charge in [0.05, 0.1) is 5.56 Å². The molecule has 0 N–H and O–H groups in total. The summed E-state index contributed by atoms with van der Waals surface area (Å²) in [5.74, 6) is 1.77. The van der Waals surface area contributed by atoms with E-state index >= 15 is 0 Å². The van der Waals surface area contributed by atoms with Crippen LogP contribution in [0.3, 0.4) is 0 Å². The molecule has 0 bridgehead atoms. The maximum Gasteiger partial charge on any atom is 0.141 e. The van der Waals surface area contributed by atoms with Crippen LogP contribution in [0.25, 0.3) is 5.57 Å². The standard InChI is InChI=1S/C28H30FN/c1-20(22-5-3-2-4-6-22)17-21-7-9-23(10-8-21)24-11-13-25(14-12-24)26-15-16-27(19-30)28(29)18-26/h2-6,11,13,15-16,18,20-21,23H,7-10,12,14,17H2,1H3/t20-,21?,23?/m1/s1. The SMILES string of the molecule is C[C@H](CC1CCC(C2=CC=C(c3ccc(C#N)c(F)c3)CC2)CC1)c1ccccc1. The number of nitriles is 1. The van der Waals surface area contributed by atoms with Crippen LogP contribution in [0.4, 0.5) is 4.39 Å². The van der Waals surface area contributed by atoms with Crippen molar-refractivity contribution in [3.8, 4) is 6.07 Å². The molecule has 0 radical (unpaired) electrons. The molecule has 0 aromatic heterocycles. The Morgan fingerprint density at radius 2 is 1.77 bits per heavy atom. The summed E-state index contributed by atoms with van der Waals surface area (Å²) in [5, 5.41) is 8.91. The molecular weight excluding hydrogens is 369 g/mol. The van der Waals surface area contributed by atoms with Crippen molar-refractivity contribution in [2.24, 2.45) is 11.8 Å². The second-order valence-electron chi connectivity index (χ2n) is 9.00. The molecule has 1 saturated carbocycles. The molecule has 2 heteroatoms. The molecular formula is C28H30FN. The fraction of sp³-hybridized carbons (Fsp3) is 0.393. The first kappa shape index (κ1) is 20.6. The second-order valence-corrected chi connectivity index (χ2v) is 9.00. The van der Waals surface area contributed by atoms with Crippen LogP contribution in [0.5, 0.6) is 0 Å². The van der Waals surface area contributed by atoms with Gasteiger partial charge < -0.3 is 0 Å². The Morgan fingerprint density at radius 1 is 1.00 bits per heavy atom. The van der Waals surface area contributed by atoms with Crippen molar-refractivity contribution in [1.29, 1.82) is 5.26 Å². The van der Waals surface area contributed by atoms with Crippen LogP contribution in [0.2, 0.25) is 0 Å². The van der Waals surface area contributed by atoms with Crippen molar-refractivity contribution in [3.05, 3.63) is 88.8 Å². The molecule has 0 saturated heterocycles. The zero-order valence-electron chi connectivity index (χ0n) is 17.8. The molecule has 0 aliphatic heterocycles. The fourth-order valence-electron chi connectivity index (χ4n) is 5.23. The smallest absolute Gasteiger partial charge is 0.141 e. The number of hydrogen-bond acceptors (Lipinski definition) is 1. The van der Waals surface area contributed by atoms with Crippen LogP contribution in [-0.4, -0.2) is 0 Å². The van der Waals surface area contributed by atoms with Crippen molar-refractivity contribution < 1.29 is 4.39 Å². The van der Waals surface area contributed by atoms with Gasteiger partial charge in [-0.15, -0.1) is 0 Å². The van der Waals surface area contributed by atoms with E-state index in [0.717, 1.165) is 24.3 Å². The minimum Gasteiger partial charge on any atom is -0.206 e. The predicted octanol–water partition coefficient (Wildman–Crippen LogP) is 7.80. The van der Waals surface area contributed by atoms with E-state index in [1.165, 1.54) is 49.3 Å². The van der Waals surface area contributed by atoms with E-state index in [1.807, 2.05) is 12.1 Å². The van der Waals surface area contributed by atoms with E-state index in [-0.39, 0.29) is 5.56 Å². The van der Waals surface area contributed by atoms with Crippen LogP contribution in [0.1, 0.15) is 74.5 Å². The highest BCUT2D eigenvalue weighted by Crippen LogP contribution is 2.41. The van der Waals surface area contributed by atoms with Crippen molar-refractivity contribution in [2.45, 2.75) is 57.8 Å². The monoisotopic (exact) mass is 399 g/mol. The molecule has 1 nitrogen and oxygen atoms in total. The first-order chi connectivity index (χ1) is 14.6. The van der Waals surface area contributed by atoms with Crippen molar-refractivity contribution in [1.82, 2.24) is 0 Å². The molecule has 4 rings (SSSR count). The predicted molar refractivity (Wildman–Crippen MR) is 121 cm³/mol. The molecule has 2 aromatic carbocycles. The number of benzene rings is 2. The first-order valence-corrected chi connectivity index (χ1v) is 11.3. The molecule has 0 spiro atoms. The molecule has 2 aromatic rings. The highest BCUT2D eigenvalue weighted by Gasteiger charge is 2.26. The summed E-state index contributed by atoms with van der Waals surface area (Å²) >= 11 is 0. The summed E-state index contributed by atoms with van der Waals surface area (Å²) in [4.78, 5) is 0. The fourth-order valence-corrected chi connectivity index (χ4v) is 5.23. The topological polar surface area (TPSA) is 23.8 Å². The number of nitrogens with zero attached hydrogens (tertiary/aromatic N) is 1. The largest absolute Gasteiger partial charge is 0.206 e. The average molecular weight is 400 g/mol. The first-order valence-electron chi connectivity index (χ1n) is 11.3. The van der Waals surface area contributed by atoms with Crippen LogP contribution in [0, 0.1) is 29.0 Å². The van der Waals surface area contributed by atoms with E-state index in [1.54, 1.807) is 11.6 Å². The van der Waals surface area contributed by atoms with E-state index in [9.17, 15) is 4.39 Å². The number of hydrogen-bond donors (Lipinski definition) is 0. The van der Waals surface area contributed by atoms with E-state index in [4.69, 9.17) is 5.26 Å². The lowest BCUT2D eigenvalue weighted by Crippen LogP contribution is -2.18. The lowest BCUT2D eigenvalue weighted by molar-refractivity contribution is 0.274. The molecule has 2 aliphatic rings. The summed E-state index contributed by atoms with van der Waals surface area (Å²) in [7, 11) is 0. The quantitative estimate of drug-likeness (QED) is 0.503. The molecule has 30 heavy (non-hydrogen) atoms. The van der Waals surface area contributed by atoms with E-state index in [0.29, 0.717) is 11.8 Å². The minimum absolute atomic E-state index is 0.115. The zero-order chi connectivity index (χ0) is 20.9. The van der Waals surface area contributed by atoms with Crippen molar-refractivity contribution in [2.75, 3.05) is 0 Å². The van der Waals surface area contributed by atoms with Crippen LogP contribution in [0.15, 0.2) is 66.3 Å². The molecule has 2 aliphatic carbocycles. The Morgan fingerprint density at radius 3 is 2.40 bits per heavy atom. The van der Waals surface area contributed by atoms with Gasteiger partial charge in [-0.05, 0) is 91.5 Å². The summed E-state index contributed by atoms with van der Waals surface area (Å²) in [5.41, 5.74) is 5.23. The van der Waals surface area contributed by atoms with Gasteiger partial charge in [0.1, 0.15) is 11.9 Å². The molecule has 1 fully saturated rings. The Labute approximate surface area is 179 Å². The normalized spacial score (nSPS) is 22.6. The average Bonchev–Trinajstić information content (AvgIpc) is 2.80. The van der Waals surface area contributed by atoms with Gasteiger partial charge in [-0.3, -0.25) is 0 Å². The van der Waals surface area contributed by atoms with Crippen LogP contribution >= 0.6 is 0 Å². The van der Waals surface area contributed by atoms with E-state index in [2.05, 4.69) is 49.4 Å². The third-order valence-corrected chi connectivity index (χ3v) is 7.07. The highest BCUT2D eigenvalue weighted by atomic mass is 19.1. The Kier molecular flexibility index (Phi) is 6.48. The third kappa shape index (κ3) is 4.73. The molecule has 154 valence electrons. The number of allylic oxidation sites excluding steroid dienone is 4. The third-order valence-electron chi connectivity index (χ3n) is 7.07. The van der Waals surface area contributed by atoms with Gasteiger partial charge in [-0.2, -0.15) is 5.26 Å². The highest BCUT2D eigenvalue weighted by molar-refractivity contribution is 5.69. The Bertz CT molecular complexity index is 971. The van der Waals surface area contributed by atoms with Crippen molar-refractivity contribution in [3.63, 3.8) is 0 Å². The van der Waals surface area contributed by atoms with Crippen molar-refractivity contribution >= 4 is 5.57 Å². The lowest BCUT2D eigenvalue weighted by Gasteiger charge is -2.32. The Balaban J connectivity index is 1.33. The summed E-state index contributed by atoms with van der Waals surface area (Å²) in [6.07, 6.45) is 13.0. The summed E-state index contributed by atoms with van der Waals surface area (Å²) in [6, 6.07) is 17.7. The second kappa shape index (κ2) is 9.43. The van der Waals surface area contributed by atoms with Gasteiger partial charge in [-0.1, -0.05) is 61.0 Å². The lowest BCUT2D eigenvalue weighted by atomic mass is 9.73. The summed E-state index contributed by atoms with van der Waals surface area (Å²) < 4.78 is 13.9. The van der Waals surface area contributed by atoms with Gasteiger partial charge in [0.15, 0.2) is 0 Å². The van der Waals surface area contributed by atoms with Crippen LogP contribution in [-0.2, 0) is 0 Å².